The van der Waals surface area contributed by atoms with Gasteiger partial charge >= 0.3 is 6.18 Å². The SMILES string of the molecule is O=C(c1nn2c(C(F)(F)F)cc(C3CC3)cc2c1Cl)N1CCN(C2C[C@@H]3C[C@@H]3C2)C(=O)C1. The van der Waals surface area contributed by atoms with Crippen molar-refractivity contribution >= 4 is 28.9 Å². The molecule has 10 heteroatoms. The van der Waals surface area contributed by atoms with E-state index >= 15 is 0 Å². The highest BCUT2D eigenvalue weighted by molar-refractivity contribution is 6.36. The van der Waals surface area contributed by atoms with Crippen LogP contribution in [0.3, 0.4) is 0 Å². The molecule has 0 bridgehead atoms. The Hall–Kier alpha value is -2.29. The molecule has 2 amide bonds. The third-order valence-corrected chi connectivity index (χ3v) is 7.81. The molecule has 0 N–H and O–H groups in total. The predicted octanol–water partition coefficient (Wildman–Crippen LogP) is 3.97. The zero-order chi connectivity index (χ0) is 22.4. The average Bonchev–Trinajstić information content (AvgIpc) is 3.66. The van der Waals surface area contributed by atoms with Gasteiger partial charge in [0, 0.05) is 19.1 Å². The molecule has 1 saturated heterocycles. The molecule has 6 nitrogen and oxygen atoms in total. The number of carbonyl (C=O) groups excluding carboxylic acids is 2. The van der Waals surface area contributed by atoms with Gasteiger partial charge in [0.1, 0.15) is 12.2 Å². The lowest BCUT2D eigenvalue weighted by atomic mass is 10.1. The number of pyridine rings is 1. The molecule has 170 valence electrons. The summed E-state index contributed by atoms with van der Waals surface area (Å²) in [5.74, 6) is 0.837. The lowest BCUT2D eigenvalue weighted by Crippen LogP contribution is -2.55. The fraction of sp³-hybridized carbons (Fsp3) is 0.591. The first-order chi connectivity index (χ1) is 15.2. The Morgan fingerprint density at radius 3 is 2.44 bits per heavy atom. The summed E-state index contributed by atoms with van der Waals surface area (Å²) in [7, 11) is 0. The van der Waals surface area contributed by atoms with E-state index < -0.39 is 17.8 Å². The van der Waals surface area contributed by atoms with E-state index in [4.69, 9.17) is 11.6 Å². The second-order valence-corrected chi connectivity index (χ2v) is 9.98. The first-order valence-electron chi connectivity index (χ1n) is 11.1. The minimum Gasteiger partial charge on any atom is -0.336 e. The third kappa shape index (κ3) is 3.27. The summed E-state index contributed by atoms with van der Waals surface area (Å²) < 4.78 is 41.8. The molecule has 4 aliphatic rings. The number of rotatable bonds is 3. The summed E-state index contributed by atoms with van der Waals surface area (Å²) in [5, 5.41) is 3.86. The van der Waals surface area contributed by atoms with Gasteiger partial charge in [-0.25, -0.2) is 4.52 Å². The van der Waals surface area contributed by atoms with Gasteiger partial charge < -0.3 is 9.80 Å². The number of amides is 2. The molecule has 3 aliphatic carbocycles. The van der Waals surface area contributed by atoms with Crippen molar-refractivity contribution in [1.82, 2.24) is 19.4 Å². The van der Waals surface area contributed by atoms with Crippen molar-refractivity contribution in [2.45, 2.75) is 50.2 Å². The summed E-state index contributed by atoms with van der Waals surface area (Å²) in [5.41, 5.74) is -0.557. The molecule has 32 heavy (non-hydrogen) atoms. The van der Waals surface area contributed by atoms with Crippen LogP contribution in [0.15, 0.2) is 12.1 Å². The Labute approximate surface area is 187 Å². The molecule has 3 saturated carbocycles. The number of alkyl halides is 3. The highest BCUT2D eigenvalue weighted by atomic mass is 35.5. The van der Waals surface area contributed by atoms with E-state index in [2.05, 4.69) is 5.10 Å². The summed E-state index contributed by atoms with van der Waals surface area (Å²) in [6, 6.07) is 2.93. The molecule has 2 aromatic rings. The van der Waals surface area contributed by atoms with Gasteiger partial charge in [-0.1, -0.05) is 11.6 Å². The van der Waals surface area contributed by atoms with E-state index in [1.807, 2.05) is 4.90 Å². The largest absolute Gasteiger partial charge is 0.433 e. The molecule has 3 atom stereocenters. The number of hydrogen-bond acceptors (Lipinski definition) is 3. The summed E-state index contributed by atoms with van der Waals surface area (Å²) in [6.45, 7) is 0.647. The highest BCUT2D eigenvalue weighted by Gasteiger charge is 2.49. The lowest BCUT2D eigenvalue weighted by molar-refractivity contribution is -0.142. The Bertz CT molecular complexity index is 1130. The highest BCUT2D eigenvalue weighted by Crippen LogP contribution is 2.53. The summed E-state index contributed by atoms with van der Waals surface area (Å²) in [6.07, 6.45) is 0.360. The van der Waals surface area contributed by atoms with Crippen molar-refractivity contribution in [1.29, 1.82) is 0 Å². The standard InChI is InChI=1S/C22H22ClF3N4O2/c23-19-16-8-14(11-1-2-11)9-17(22(24,25)26)30(16)27-20(19)21(32)28-3-4-29(18(31)10-28)15-6-12-5-13(12)7-15/h8-9,11-13,15H,1-7,10H2/t12-,13+,15?. The zero-order valence-electron chi connectivity index (χ0n) is 17.2. The molecule has 1 aliphatic heterocycles. The molecular formula is C22H22ClF3N4O2. The molecule has 0 aromatic carbocycles. The first kappa shape index (κ1) is 20.3. The van der Waals surface area contributed by atoms with Crippen LogP contribution in [-0.4, -0.2) is 56.9 Å². The summed E-state index contributed by atoms with van der Waals surface area (Å²) in [4.78, 5) is 29.1. The van der Waals surface area contributed by atoms with Crippen molar-refractivity contribution in [3.63, 3.8) is 0 Å². The maximum atomic E-state index is 13.7. The third-order valence-electron chi connectivity index (χ3n) is 7.44. The Morgan fingerprint density at radius 2 is 1.81 bits per heavy atom. The van der Waals surface area contributed by atoms with E-state index in [0.717, 1.165) is 43.6 Å². The van der Waals surface area contributed by atoms with E-state index in [-0.39, 0.29) is 40.6 Å². The van der Waals surface area contributed by atoms with Crippen LogP contribution in [0.5, 0.6) is 0 Å². The minimum atomic E-state index is -4.64. The number of hydrogen-bond donors (Lipinski definition) is 0. The second kappa shape index (κ2) is 6.85. The van der Waals surface area contributed by atoms with Gasteiger partial charge in [-0.3, -0.25) is 9.59 Å². The van der Waals surface area contributed by atoms with Gasteiger partial charge in [0.05, 0.1) is 10.5 Å². The number of halogens is 4. The lowest BCUT2D eigenvalue weighted by Gasteiger charge is -2.38. The molecular weight excluding hydrogens is 445 g/mol. The molecule has 0 spiro atoms. The first-order valence-corrected chi connectivity index (χ1v) is 11.5. The minimum absolute atomic E-state index is 0.0712. The molecule has 1 unspecified atom stereocenters. The second-order valence-electron chi connectivity index (χ2n) is 9.60. The van der Waals surface area contributed by atoms with E-state index in [0.29, 0.717) is 23.2 Å². The molecule has 4 fully saturated rings. The molecule has 2 aromatic heterocycles. The van der Waals surface area contributed by atoms with Gasteiger partial charge in [-0.15, -0.1) is 0 Å². The fourth-order valence-electron chi connectivity index (χ4n) is 5.46. The van der Waals surface area contributed by atoms with Crippen LogP contribution in [-0.2, 0) is 11.0 Å². The van der Waals surface area contributed by atoms with E-state index in [1.165, 1.54) is 11.3 Å². The van der Waals surface area contributed by atoms with Crippen molar-refractivity contribution < 1.29 is 22.8 Å². The Balaban J connectivity index is 1.28. The molecule has 6 rings (SSSR count). The number of nitrogens with zero attached hydrogens (tertiary/aromatic N) is 4. The number of fused-ring (bicyclic) bond motifs is 2. The molecule has 0 radical (unpaired) electrons. The number of aromatic nitrogens is 2. The number of piperazine rings is 1. The molecule has 3 heterocycles. The van der Waals surface area contributed by atoms with Crippen molar-refractivity contribution in [2.24, 2.45) is 11.8 Å². The maximum absolute atomic E-state index is 13.7. The van der Waals surface area contributed by atoms with Gasteiger partial charge in [-0.05, 0) is 67.6 Å². The summed E-state index contributed by atoms with van der Waals surface area (Å²) >= 11 is 6.39. The van der Waals surface area contributed by atoms with Gasteiger partial charge in [-0.2, -0.15) is 18.3 Å². The smallest absolute Gasteiger partial charge is 0.336 e. The van der Waals surface area contributed by atoms with Crippen LogP contribution in [0.1, 0.15) is 59.8 Å². The predicted molar refractivity (Wildman–Crippen MR) is 109 cm³/mol. The van der Waals surface area contributed by atoms with Crippen LogP contribution < -0.4 is 0 Å². The van der Waals surface area contributed by atoms with Crippen molar-refractivity contribution in [3.8, 4) is 0 Å². The van der Waals surface area contributed by atoms with Crippen LogP contribution in [0, 0.1) is 11.8 Å². The van der Waals surface area contributed by atoms with Crippen molar-refractivity contribution in [2.75, 3.05) is 19.6 Å². The zero-order valence-corrected chi connectivity index (χ0v) is 18.0. The average molecular weight is 467 g/mol. The van der Waals surface area contributed by atoms with E-state index in [9.17, 15) is 22.8 Å². The van der Waals surface area contributed by atoms with Gasteiger partial charge in [0.25, 0.3) is 5.91 Å². The fourth-order valence-corrected chi connectivity index (χ4v) is 5.72. The monoisotopic (exact) mass is 466 g/mol. The number of carbonyl (C=O) groups is 2. The van der Waals surface area contributed by atoms with Crippen LogP contribution in [0.25, 0.3) is 5.52 Å². The Morgan fingerprint density at radius 1 is 1.09 bits per heavy atom. The van der Waals surface area contributed by atoms with Gasteiger partial charge in [0.15, 0.2) is 5.69 Å². The van der Waals surface area contributed by atoms with Crippen molar-refractivity contribution in [3.05, 3.63) is 34.1 Å². The van der Waals surface area contributed by atoms with Crippen LogP contribution >= 0.6 is 11.6 Å². The van der Waals surface area contributed by atoms with Crippen LogP contribution in [0.4, 0.5) is 13.2 Å². The van der Waals surface area contributed by atoms with E-state index in [1.54, 1.807) is 6.07 Å². The Kier molecular flexibility index (Phi) is 4.35. The van der Waals surface area contributed by atoms with Crippen LogP contribution in [0.2, 0.25) is 5.02 Å². The maximum Gasteiger partial charge on any atom is 0.433 e. The quantitative estimate of drug-likeness (QED) is 0.688. The topological polar surface area (TPSA) is 57.9 Å². The normalized spacial score (nSPS) is 27.9. The van der Waals surface area contributed by atoms with Gasteiger partial charge in [0.2, 0.25) is 5.91 Å².